The van der Waals surface area contributed by atoms with Crippen molar-refractivity contribution < 1.29 is 4.79 Å². The molecule has 3 nitrogen and oxygen atoms in total. The van der Waals surface area contributed by atoms with Crippen LogP contribution in [0.1, 0.15) is 24.0 Å². The van der Waals surface area contributed by atoms with Crippen LogP contribution >= 0.6 is 11.6 Å². The maximum absolute atomic E-state index is 12.3. The second-order valence-electron chi connectivity index (χ2n) is 6.30. The molecule has 23 heavy (non-hydrogen) atoms. The van der Waals surface area contributed by atoms with Crippen LogP contribution < -0.4 is 11.1 Å². The molecule has 1 aliphatic rings. The van der Waals surface area contributed by atoms with E-state index in [0.29, 0.717) is 13.0 Å². The number of rotatable bonds is 6. The van der Waals surface area contributed by atoms with Gasteiger partial charge in [-0.3, -0.25) is 4.79 Å². The van der Waals surface area contributed by atoms with E-state index in [-0.39, 0.29) is 11.3 Å². The number of hydrogen-bond acceptors (Lipinski definition) is 2. The van der Waals surface area contributed by atoms with Crippen LogP contribution in [0.25, 0.3) is 0 Å². The Balaban J connectivity index is 1.56. The molecule has 0 saturated heterocycles. The summed E-state index contributed by atoms with van der Waals surface area (Å²) in [7, 11) is 0. The lowest BCUT2D eigenvalue weighted by molar-refractivity contribution is -0.122. The third-order valence-electron chi connectivity index (χ3n) is 4.53. The predicted molar refractivity (Wildman–Crippen MR) is 93.5 cm³/mol. The van der Waals surface area contributed by atoms with Crippen molar-refractivity contribution in [3.8, 4) is 0 Å². The van der Waals surface area contributed by atoms with Gasteiger partial charge in [-0.25, -0.2) is 0 Å². The Labute approximate surface area is 141 Å². The van der Waals surface area contributed by atoms with Crippen molar-refractivity contribution in [2.75, 3.05) is 6.54 Å². The van der Waals surface area contributed by atoms with Crippen molar-refractivity contribution in [3.05, 3.63) is 70.7 Å². The Hall–Kier alpha value is -1.84. The third-order valence-corrected chi connectivity index (χ3v) is 4.76. The van der Waals surface area contributed by atoms with Crippen molar-refractivity contribution in [1.82, 2.24) is 5.32 Å². The maximum Gasteiger partial charge on any atom is 0.237 e. The summed E-state index contributed by atoms with van der Waals surface area (Å²) >= 11 is 6.07. The third kappa shape index (κ3) is 3.92. The molecule has 1 amide bonds. The number of nitrogens with one attached hydrogen (secondary N) is 1. The Morgan fingerprint density at radius 3 is 2.57 bits per heavy atom. The van der Waals surface area contributed by atoms with E-state index in [0.717, 1.165) is 23.4 Å². The Kier molecular flexibility index (Phi) is 4.69. The molecule has 0 heterocycles. The quantitative estimate of drug-likeness (QED) is 0.856. The Morgan fingerprint density at radius 1 is 1.17 bits per heavy atom. The van der Waals surface area contributed by atoms with Crippen LogP contribution in [-0.2, 0) is 16.6 Å². The van der Waals surface area contributed by atoms with Crippen molar-refractivity contribution in [1.29, 1.82) is 0 Å². The van der Waals surface area contributed by atoms with Crippen LogP contribution in [-0.4, -0.2) is 18.5 Å². The number of halogens is 1. The number of carbonyl (C=O) groups excluding carboxylic acids is 1. The van der Waals surface area contributed by atoms with Crippen LogP contribution in [0.3, 0.4) is 0 Å². The topological polar surface area (TPSA) is 55.1 Å². The average molecular weight is 329 g/mol. The fraction of sp³-hybridized carbons (Fsp3) is 0.316. The van der Waals surface area contributed by atoms with Gasteiger partial charge >= 0.3 is 0 Å². The first-order valence-corrected chi connectivity index (χ1v) is 8.30. The molecule has 0 bridgehead atoms. The molecule has 0 radical (unpaired) electrons. The smallest absolute Gasteiger partial charge is 0.237 e. The molecule has 2 aromatic carbocycles. The predicted octanol–water partition coefficient (Wildman–Crippen LogP) is 3.06. The number of carbonyl (C=O) groups is 1. The molecule has 1 fully saturated rings. The van der Waals surface area contributed by atoms with Gasteiger partial charge in [0.25, 0.3) is 0 Å². The zero-order valence-electron chi connectivity index (χ0n) is 13.0. The summed E-state index contributed by atoms with van der Waals surface area (Å²) in [6.07, 6.45) is 2.69. The van der Waals surface area contributed by atoms with Gasteiger partial charge < -0.3 is 11.1 Å². The minimum Gasteiger partial charge on any atom is -0.354 e. The van der Waals surface area contributed by atoms with Crippen LogP contribution in [0.15, 0.2) is 54.6 Å². The number of nitrogens with two attached hydrogens (primary N) is 1. The lowest BCUT2D eigenvalue weighted by atomic mass is 9.95. The zero-order chi connectivity index (χ0) is 16.3. The fourth-order valence-corrected chi connectivity index (χ4v) is 3.08. The first-order valence-electron chi connectivity index (χ1n) is 7.92. The highest BCUT2D eigenvalue weighted by Gasteiger charge is 2.44. The van der Waals surface area contributed by atoms with Gasteiger partial charge in [0.1, 0.15) is 0 Å². The van der Waals surface area contributed by atoms with E-state index < -0.39 is 6.04 Å². The zero-order valence-corrected chi connectivity index (χ0v) is 13.7. The highest BCUT2D eigenvalue weighted by atomic mass is 35.5. The summed E-state index contributed by atoms with van der Waals surface area (Å²) in [6, 6.07) is 17.2. The highest BCUT2D eigenvalue weighted by Crippen LogP contribution is 2.48. The SMILES string of the molecule is N[C@@H](Cc1ccccc1)C(=O)NCC1(c2cccc(Cl)c2)CC1. The van der Waals surface area contributed by atoms with E-state index in [1.807, 2.05) is 48.5 Å². The number of benzene rings is 2. The largest absolute Gasteiger partial charge is 0.354 e. The lowest BCUT2D eigenvalue weighted by Gasteiger charge is -2.19. The fourth-order valence-electron chi connectivity index (χ4n) is 2.88. The van der Waals surface area contributed by atoms with Gasteiger partial charge in [-0.1, -0.05) is 54.1 Å². The van der Waals surface area contributed by atoms with Crippen molar-refractivity contribution in [3.63, 3.8) is 0 Å². The van der Waals surface area contributed by atoms with Gasteiger partial charge in [0.2, 0.25) is 5.91 Å². The Bertz CT molecular complexity index is 683. The summed E-state index contributed by atoms with van der Waals surface area (Å²) in [4.78, 5) is 12.3. The molecule has 2 aromatic rings. The standard InChI is InChI=1S/C19H21ClN2O/c20-16-8-4-7-15(12-16)19(9-10-19)13-22-18(23)17(21)11-14-5-2-1-3-6-14/h1-8,12,17H,9-11,13,21H2,(H,22,23)/t17-/m0/s1. The molecule has 3 rings (SSSR count). The molecule has 1 aliphatic carbocycles. The molecule has 1 atom stereocenters. The van der Waals surface area contributed by atoms with E-state index in [4.69, 9.17) is 17.3 Å². The summed E-state index contributed by atoms with van der Waals surface area (Å²) in [5, 5.41) is 3.75. The molecule has 4 heteroatoms. The van der Waals surface area contributed by atoms with E-state index in [2.05, 4.69) is 11.4 Å². The summed E-state index contributed by atoms with van der Waals surface area (Å²) in [5.74, 6) is -0.0952. The first-order chi connectivity index (χ1) is 11.1. The molecule has 120 valence electrons. The second-order valence-corrected chi connectivity index (χ2v) is 6.74. The summed E-state index contributed by atoms with van der Waals surface area (Å²) in [6.45, 7) is 0.620. The molecule has 1 saturated carbocycles. The molecular weight excluding hydrogens is 308 g/mol. The number of amides is 1. The van der Waals surface area contributed by atoms with Gasteiger partial charge in [-0.2, -0.15) is 0 Å². The van der Waals surface area contributed by atoms with E-state index in [1.54, 1.807) is 0 Å². The van der Waals surface area contributed by atoms with E-state index >= 15 is 0 Å². The first kappa shape index (κ1) is 16.0. The second kappa shape index (κ2) is 6.73. The lowest BCUT2D eigenvalue weighted by Crippen LogP contribution is -2.44. The molecule has 0 aliphatic heterocycles. The van der Waals surface area contributed by atoms with Gasteiger partial charge in [0.15, 0.2) is 0 Å². The normalized spacial score (nSPS) is 16.6. The van der Waals surface area contributed by atoms with Crippen molar-refractivity contribution in [2.24, 2.45) is 5.73 Å². The Morgan fingerprint density at radius 2 is 1.91 bits per heavy atom. The van der Waals surface area contributed by atoms with Gasteiger partial charge in [-0.05, 0) is 42.5 Å². The number of hydrogen-bond donors (Lipinski definition) is 2. The van der Waals surface area contributed by atoms with E-state index in [1.165, 1.54) is 5.56 Å². The monoisotopic (exact) mass is 328 g/mol. The van der Waals surface area contributed by atoms with Crippen LogP contribution in [0.4, 0.5) is 0 Å². The molecule has 0 spiro atoms. The van der Waals surface area contributed by atoms with Crippen LogP contribution in [0, 0.1) is 0 Å². The van der Waals surface area contributed by atoms with Crippen LogP contribution in [0.5, 0.6) is 0 Å². The highest BCUT2D eigenvalue weighted by molar-refractivity contribution is 6.30. The van der Waals surface area contributed by atoms with Crippen molar-refractivity contribution in [2.45, 2.75) is 30.7 Å². The van der Waals surface area contributed by atoms with Crippen molar-refractivity contribution >= 4 is 17.5 Å². The van der Waals surface area contributed by atoms with E-state index in [9.17, 15) is 4.79 Å². The minimum atomic E-state index is -0.521. The van der Waals surface area contributed by atoms with Crippen LogP contribution in [0.2, 0.25) is 5.02 Å². The van der Waals surface area contributed by atoms with Gasteiger partial charge in [0.05, 0.1) is 6.04 Å². The summed E-state index contributed by atoms with van der Waals surface area (Å²) in [5.41, 5.74) is 8.33. The minimum absolute atomic E-state index is 0.0347. The molecule has 3 N–H and O–H groups in total. The average Bonchev–Trinajstić information content (AvgIpc) is 3.35. The van der Waals surface area contributed by atoms with Gasteiger partial charge in [0, 0.05) is 17.0 Å². The summed E-state index contributed by atoms with van der Waals surface area (Å²) < 4.78 is 0. The molecule has 0 aromatic heterocycles. The molecular formula is C19H21ClN2O. The molecule has 0 unspecified atom stereocenters. The maximum atomic E-state index is 12.3. The van der Waals surface area contributed by atoms with Gasteiger partial charge in [-0.15, -0.1) is 0 Å².